The highest BCUT2D eigenvalue weighted by molar-refractivity contribution is 5.89. The molecule has 8 nitrogen and oxygen atoms in total. The lowest BCUT2D eigenvalue weighted by Crippen LogP contribution is -2.42. The van der Waals surface area contributed by atoms with E-state index in [-0.39, 0.29) is 6.03 Å². The van der Waals surface area contributed by atoms with Crippen molar-refractivity contribution >= 4 is 17.7 Å². The Morgan fingerprint density at radius 3 is 2.53 bits per heavy atom. The molecule has 1 unspecified atom stereocenters. The molecular formula is C26H34N2O6. The van der Waals surface area contributed by atoms with Crippen LogP contribution in [0.4, 0.5) is 10.5 Å². The number of anilines is 1. The van der Waals surface area contributed by atoms with Crippen molar-refractivity contribution in [1.82, 2.24) is 4.90 Å². The number of nitrogens with zero attached hydrogens (tertiary/aromatic N) is 1. The summed E-state index contributed by atoms with van der Waals surface area (Å²) in [6, 6.07) is 14.4. The first-order valence-electron chi connectivity index (χ1n) is 11.7. The molecule has 2 aromatic carbocycles. The zero-order chi connectivity index (χ0) is 24.3. The summed E-state index contributed by atoms with van der Waals surface area (Å²) < 4.78 is 16.4. The fourth-order valence-corrected chi connectivity index (χ4v) is 3.79. The van der Waals surface area contributed by atoms with Gasteiger partial charge in [-0.15, -0.1) is 0 Å². The van der Waals surface area contributed by atoms with Gasteiger partial charge < -0.3 is 29.5 Å². The third kappa shape index (κ3) is 7.66. The number of carboxylic acid groups (broad SMARTS) is 1. The van der Waals surface area contributed by atoms with E-state index in [0.29, 0.717) is 55.8 Å². The van der Waals surface area contributed by atoms with E-state index >= 15 is 0 Å². The molecule has 1 aliphatic carbocycles. The molecule has 2 aromatic rings. The highest BCUT2D eigenvalue weighted by atomic mass is 16.5. The highest BCUT2D eigenvalue weighted by Gasteiger charge is 2.24. The molecule has 1 aliphatic rings. The standard InChI is InChI=1S/C26H34N2O6/c1-3-33-24(25(29)30)16-19-10-12-22(13-11-19)34-15-14-28(18-20-6-4-7-20)26(31)27-21-8-5-9-23(17-21)32-2/h5,8-13,17,20,24H,3-4,6-7,14-16,18H2,1-2H3,(H,27,31)(H,29,30). The Morgan fingerprint density at radius 2 is 1.91 bits per heavy atom. The van der Waals surface area contributed by atoms with E-state index in [1.807, 2.05) is 42.5 Å². The van der Waals surface area contributed by atoms with Crippen LogP contribution in [0, 0.1) is 5.92 Å². The van der Waals surface area contributed by atoms with Gasteiger partial charge in [-0.05, 0) is 55.5 Å². The molecule has 8 heteroatoms. The van der Waals surface area contributed by atoms with Crippen molar-refractivity contribution < 1.29 is 28.9 Å². The van der Waals surface area contributed by atoms with E-state index in [2.05, 4.69) is 5.32 Å². The van der Waals surface area contributed by atoms with Crippen molar-refractivity contribution in [1.29, 1.82) is 0 Å². The summed E-state index contributed by atoms with van der Waals surface area (Å²) in [6.45, 7) is 3.64. The van der Waals surface area contributed by atoms with Gasteiger partial charge >= 0.3 is 12.0 Å². The number of urea groups is 1. The van der Waals surface area contributed by atoms with Crippen molar-refractivity contribution in [2.75, 3.05) is 38.7 Å². The number of nitrogens with one attached hydrogen (secondary N) is 1. The van der Waals surface area contributed by atoms with E-state index in [0.717, 1.165) is 18.4 Å². The van der Waals surface area contributed by atoms with E-state index < -0.39 is 12.1 Å². The predicted octanol–water partition coefficient (Wildman–Crippen LogP) is 4.44. The van der Waals surface area contributed by atoms with Crippen LogP contribution in [0.2, 0.25) is 0 Å². The molecule has 184 valence electrons. The number of ether oxygens (including phenoxy) is 3. The van der Waals surface area contributed by atoms with Gasteiger partial charge in [0.05, 0.1) is 13.7 Å². The van der Waals surface area contributed by atoms with Crippen molar-refractivity contribution in [2.45, 2.75) is 38.7 Å². The van der Waals surface area contributed by atoms with Gasteiger partial charge in [-0.2, -0.15) is 0 Å². The Hall–Kier alpha value is -3.26. The van der Waals surface area contributed by atoms with Gasteiger partial charge in [-0.3, -0.25) is 0 Å². The van der Waals surface area contributed by atoms with E-state index in [4.69, 9.17) is 14.2 Å². The Morgan fingerprint density at radius 1 is 1.15 bits per heavy atom. The number of rotatable bonds is 13. The predicted molar refractivity (Wildman–Crippen MR) is 130 cm³/mol. The van der Waals surface area contributed by atoms with Gasteiger partial charge in [0.2, 0.25) is 0 Å². The van der Waals surface area contributed by atoms with Crippen LogP contribution in [0.15, 0.2) is 48.5 Å². The van der Waals surface area contributed by atoms with Gasteiger partial charge in [0.1, 0.15) is 18.1 Å². The van der Waals surface area contributed by atoms with Gasteiger partial charge in [0.25, 0.3) is 0 Å². The summed E-state index contributed by atoms with van der Waals surface area (Å²) in [6.07, 6.45) is 2.93. The van der Waals surface area contributed by atoms with Crippen LogP contribution in [0.1, 0.15) is 31.7 Å². The normalized spacial score (nSPS) is 14.1. The Balaban J connectivity index is 1.53. The lowest BCUT2D eigenvalue weighted by atomic mass is 9.85. The average molecular weight is 471 g/mol. The molecule has 1 saturated carbocycles. The van der Waals surface area contributed by atoms with Crippen molar-refractivity contribution in [3.63, 3.8) is 0 Å². The molecule has 0 spiro atoms. The molecule has 0 aliphatic heterocycles. The lowest BCUT2D eigenvalue weighted by Gasteiger charge is -2.32. The second-order valence-electron chi connectivity index (χ2n) is 8.38. The third-order valence-electron chi connectivity index (χ3n) is 5.93. The minimum Gasteiger partial charge on any atom is -0.497 e. The molecule has 3 rings (SSSR count). The number of amides is 2. The van der Waals surface area contributed by atoms with Gasteiger partial charge in [-0.1, -0.05) is 24.6 Å². The second kappa shape index (κ2) is 12.8. The van der Waals surface area contributed by atoms with Crippen LogP contribution in [0.5, 0.6) is 11.5 Å². The number of hydrogen-bond donors (Lipinski definition) is 2. The van der Waals surface area contributed by atoms with Crippen LogP contribution in [-0.2, 0) is 16.0 Å². The number of aliphatic carboxylic acids is 1. The summed E-state index contributed by atoms with van der Waals surface area (Å²) in [5.74, 6) is 0.915. The molecule has 1 atom stereocenters. The Labute approximate surface area is 200 Å². The number of hydrogen-bond acceptors (Lipinski definition) is 5. The summed E-state index contributed by atoms with van der Waals surface area (Å²) in [5.41, 5.74) is 1.55. The molecular weight excluding hydrogens is 436 g/mol. The van der Waals surface area contributed by atoms with Gasteiger partial charge in [-0.25, -0.2) is 9.59 Å². The van der Waals surface area contributed by atoms with Crippen LogP contribution in [0.3, 0.4) is 0 Å². The maximum atomic E-state index is 12.9. The summed E-state index contributed by atoms with van der Waals surface area (Å²) in [4.78, 5) is 26.0. The zero-order valence-electron chi connectivity index (χ0n) is 19.9. The summed E-state index contributed by atoms with van der Waals surface area (Å²) >= 11 is 0. The SMILES string of the molecule is CCOC(Cc1ccc(OCCN(CC2CCC2)C(=O)Nc2cccc(OC)c2)cc1)C(=O)O. The fourth-order valence-electron chi connectivity index (χ4n) is 3.79. The van der Waals surface area contributed by atoms with Crippen molar-refractivity contribution in [3.8, 4) is 11.5 Å². The molecule has 0 heterocycles. The molecule has 34 heavy (non-hydrogen) atoms. The number of carboxylic acids is 1. The molecule has 0 radical (unpaired) electrons. The minimum atomic E-state index is -0.971. The molecule has 0 saturated heterocycles. The number of carbonyl (C=O) groups is 2. The van der Waals surface area contributed by atoms with Gasteiger partial charge in [0, 0.05) is 31.3 Å². The first-order chi connectivity index (χ1) is 16.5. The fraction of sp³-hybridized carbons (Fsp3) is 0.462. The smallest absolute Gasteiger partial charge is 0.333 e. The van der Waals surface area contributed by atoms with Gasteiger partial charge in [0.15, 0.2) is 6.10 Å². The third-order valence-corrected chi connectivity index (χ3v) is 5.93. The van der Waals surface area contributed by atoms with Crippen LogP contribution in [-0.4, -0.2) is 61.5 Å². The highest BCUT2D eigenvalue weighted by Crippen LogP contribution is 2.27. The topological polar surface area (TPSA) is 97.3 Å². The van der Waals surface area contributed by atoms with E-state index in [1.54, 1.807) is 25.0 Å². The maximum absolute atomic E-state index is 12.9. The van der Waals surface area contributed by atoms with E-state index in [9.17, 15) is 14.7 Å². The number of carbonyl (C=O) groups excluding carboxylic acids is 1. The first-order valence-corrected chi connectivity index (χ1v) is 11.7. The van der Waals surface area contributed by atoms with Crippen LogP contribution >= 0.6 is 0 Å². The molecule has 2 N–H and O–H groups in total. The quantitative estimate of drug-likeness (QED) is 0.449. The minimum absolute atomic E-state index is 0.158. The lowest BCUT2D eigenvalue weighted by molar-refractivity contribution is -0.149. The summed E-state index contributed by atoms with van der Waals surface area (Å²) in [5, 5.41) is 12.2. The van der Waals surface area contributed by atoms with Crippen LogP contribution < -0.4 is 14.8 Å². The molecule has 0 aromatic heterocycles. The Kier molecular flexibility index (Phi) is 9.58. The molecule has 2 amide bonds. The van der Waals surface area contributed by atoms with Crippen molar-refractivity contribution in [3.05, 3.63) is 54.1 Å². The van der Waals surface area contributed by atoms with Crippen LogP contribution in [0.25, 0.3) is 0 Å². The Bertz CT molecular complexity index is 929. The summed E-state index contributed by atoms with van der Waals surface area (Å²) in [7, 11) is 1.59. The van der Waals surface area contributed by atoms with Crippen molar-refractivity contribution in [2.24, 2.45) is 5.92 Å². The average Bonchev–Trinajstić information content (AvgIpc) is 2.80. The largest absolute Gasteiger partial charge is 0.497 e. The maximum Gasteiger partial charge on any atom is 0.333 e. The molecule has 1 fully saturated rings. The molecule has 0 bridgehead atoms. The second-order valence-corrected chi connectivity index (χ2v) is 8.38. The number of methoxy groups -OCH3 is 1. The van der Waals surface area contributed by atoms with E-state index in [1.165, 1.54) is 6.42 Å². The zero-order valence-corrected chi connectivity index (χ0v) is 19.9. The first kappa shape index (κ1) is 25.4. The number of benzene rings is 2. The monoisotopic (exact) mass is 470 g/mol.